The van der Waals surface area contributed by atoms with Gasteiger partial charge in [0.25, 0.3) is 11.8 Å². The Morgan fingerprint density at radius 2 is 1.89 bits per heavy atom. The monoisotopic (exact) mass is 529 g/mol. The number of fused-ring (bicyclic) bond motifs is 1. The number of allylic oxidation sites excluding steroid dienone is 1. The normalized spacial score (nSPS) is 18.4. The van der Waals surface area contributed by atoms with Crippen LogP contribution in [0.2, 0.25) is 10.0 Å². The average Bonchev–Trinajstić information content (AvgIpc) is 2.78. The number of anilines is 2. The van der Waals surface area contributed by atoms with Crippen molar-refractivity contribution >= 4 is 75.4 Å². The van der Waals surface area contributed by atoms with Gasteiger partial charge in [-0.1, -0.05) is 35.3 Å². The molecule has 9 heteroatoms. The average molecular weight is 530 g/mol. The highest BCUT2D eigenvalue weighted by Crippen LogP contribution is 2.43. The first-order valence-electron chi connectivity index (χ1n) is 11.0. The van der Waals surface area contributed by atoms with Gasteiger partial charge < -0.3 is 9.64 Å². The predicted molar refractivity (Wildman–Crippen MR) is 146 cm³/mol. The molecule has 6 nitrogen and oxygen atoms in total. The van der Waals surface area contributed by atoms with Gasteiger partial charge in [-0.15, -0.1) is 0 Å². The van der Waals surface area contributed by atoms with Gasteiger partial charge in [-0.2, -0.15) is 0 Å². The third-order valence-corrected chi connectivity index (χ3v) is 7.31. The van der Waals surface area contributed by atoms with E-state index in [2.05, 4.69) is 44.0 Å². The number of thiocarbonyl (C=S) groups is 1. The van der Waals surface area contributed by atoms with E-state index in [1.165, 1.54) is 11.0 Å². The fraction of sp³-hybridized carbons (Fsp3) is 0.269. The van der Waals surface area contributed by atoms with Crippen LogP contribution in [0.15, 0.2) is 42.0 Å². The number of likely N-dealkylation sites (N-methyl/N-ethyl adjacent to an activating group) is 1. The van der Waals surface area contributed by atoms with E-state index in [0.29, 0.717) is 11.3 Å². The van der Waals surface area contributed by atoms with E-state index in [9.17, 15) is 9.59 Å². The van der Waals surface area contributed by atoms with Crippen molar-refractivity contribution in [3.8, 4) is 5.75 Å². The quantitative estimate of drug-likeness (QED) is 0.305. The summed E-state index contributed by atoms with van der Waals surface area (Å²) in [5.41, 5.74) is 3.76. The number of ether oxygens (including phenoxy) is 1. The number of halogens is 2. The van der Waals surface area contributed by atoms with E-state index in [4.69, 9.17) is 40.2 Å². The molecule has 2 heterocycles. The number of methoxy groups -OCH3 is 1. The number of nitrogens with one attached hydrogen (secondary N) is 1. The Morgan fingerprint density at radius 3 is 2.54 bits per heavy atom. The van der Waals surface area contributed by atoms with Crippen LogP contribution < -0.4 is 19.9 Å². The van der Waals surface area contributed by atoms with Crippen LogP contribution in [-0.4, -0.2) is 36.1 Å². The summed E-state index contributed by atoms with van der Waals surface area (Å²) in [4.78, 5) is 29.8. The highest BCUT2D eigenvalue weighted by Gasteiger charge is 2.36. The van der Waals surface area contributed by atoms with Gasteiger partial charge in [-0.05, 0) is 69.8 Å². The topological polar surface area (TPSA) is 61.9 Å². The van der Waals surface area contributed by atoms with Crippen LogP contribution in [0.5, 0.6) is 5.75 Å². The molecule has 0 atom stereocenters. The fourth-order valence-electron chi connectivity index (χ4n) is 4.69. The number of hydrogen-bond donors (Lipinski definition) is 1. The molecule has 4 rings (SSSR count). The van der Waals surface area contributed by atoms with E-state index in [1.807, 2.05) is 12.1 Å². The van der Waals surface area contributed by atoms with Crippen LogP contribution in [0.25, 0.3) is 11.6 Å². The Morgan fingerprint density at radius 1 is 1.17 bits per heavy atom. The van der Waals surface area contributed by atoms with Gasteiger partial charge in [0.05, 0.1) is 28.4 Å². The molecule has 0 saturated carbocycles. The maximum absolute atomic E-state index is 13.5. The second kappa shape index (κ2) is 9.30. The fourth-order valence-corrected chi connectivity index (χ4v) is 5.34. The van der Waals surface area contributed by atoms with E-state index < -0.39 is 11.8 Å². The van der Waals surface area contributed by atoms with Crippen LogP contribution in [0.4, 0.5) is 11.4 Å². The first-order valence-corrected chi connectivity index (χ1v) is 12.2. The zero-order valence-corrected chi connectivity index (χ0v) is 22.4. The third kappa shape index (κ3) is 4.33. The molecule has 2 amide bonds. The summed E-state index contributed by atoms with van der Waals surface area (Å²) in [6, 6.07) is 8.76. The van der Waals surface area contributed by atoms with Gasteiger partial charge in [0, 0.05) is 29.4 Å². The van der Waals surface area contributed by atoms with Gasteiger partial charge >= 0.3 is 0 Å². The minimum absolute atomic E-state index is 0.0710. The Balaban J connectivity index is 1.85. The zero-order chi connectivity index (χ0) is 25.7. The standard InChI is InChI=1S/C26H25Cl2N3O3S/c1-6-30-20-12-21(34-5)15(10-16(20)14(2)13-26(30,3)4)11-17-23(32)29-25(35)31(24(17)33)19-9-7-8-18(27)22(19)28/h7-13H,6H2,1-5H3,(H,29,32,35)/b17-11-. The number of rotatable bonds is 4. The molecular formula is C26H25Cl2N3O3S. The largest absolute Gasteiger partial charge is 0.496 e. The van der Waals surface area contributed by atoms with E-state index in [1.54, 1.807) is 25.3 Å². The molecule has 0 spiro atoms. The minimum Gasteiger partial charge on any atom is -0.496 e. The van der Waals surface area contributed by atoms with Crippen molar-refractivity contribution in [2.24, 2.45) is 0 Å². The molecule has 0 bridgehead atoms. The van der Waals surface area contributed by atoms with Crippen molar-refractivity contribution in [1.82, 2.24) is 5.32 Å². The summed E-state index contributed by atoms with van der Waals surface area (Å²) in [5.74, 6) is -0.662. The van der Waals surface area contributed by atoms with Crippen molar-refractivity contribution in [1.29, 1.82) is 0 Å². The summed E-state index contributed by atoms with van der Waals surface area (Å²) in [6.45, 7) is 9.28. The maximum Gasteiger partial charge on any atom is 0.270 e. The molecule has 0 aliphatic carbocycles. The zero-order valence-electron chi connectivity index (χ0n) is 20.0. The lowest BCUT2D eigenvalue weighted by molar-refractivity contribution is -0.122. The first kappa shape index (κ1) is 25.2. The van der Waals surface area contributed by atoms with Crippen molar-refractivity contribution < 1.29 is 14.3 Å². The predicted octanol–water partition coefficient (Wildman–Crippen LogP) is 5.86. The lowest BCUT2D eigenvalue weighted by Gasteiger charge is -2.43. The highest BCUT2D eigenvalue weighted by molar-refractivity contribution is 7.80. The molecular weight excluding hydrogens is 505 g/mol. The van der Waals surface area contributed by atoms with Gasteiger partial charge in [-0.25, -0.2) is 0 Å². The van der Waals surface area contributed by atoms with Crippen LogP contribution >= 0.6 is 35.4 Å². The Kier molecular flexibility index (Phi) is 6.70. The van der Waals surface area contributed by atoms with Gasteiger partial charge in [0.1, 0.15) is 11.3 Å². The Hall–Kier alpha value is -2.87. The van der Waals surface area contributed by atoms with E-state index in [0.717, 1.165) is 23.4 Å². The molecule has 0 unspecified atom stereocenters. The molecule has 2 aliphatic rings. The lowest BCUT2D eigenvalue weighted by atomic mass is 9.87. The Bertz CT molecular complexity index is 1330. The molecule has 1 saturated heterocycles. The second-order valence-corrected chi connectivity index (χ2v) is 10.0. The SMILES string of the molecule is CCN1c2cc(OC)c(/C=C3/C(=O)NC(=S)N(c4cccc(Cl)c4Cl)C3=O)cc2C(C)=CC1(C)C. The summed E-state index contributed by atoms with van der Waals surface area (Å²) < 4.78 is 5.68. The van der Waals surface area contributed by atoms with E-state index in [-0.39, 0.29) is 32.0 Å². The molecule has 0 aromatic heterocycles. The summed E-state index contributed by atoms with van der Waals surface area (Å²) in [7, 11) is 1.56. The van der Waals surface area contributed by atoms with Crippen molar-refractivity contribution in [3.63, 3.8) is 0 Å². The Labute approximate surface area is 220 Å². The number of carbonyl (C=O) groups excluding carboxylic acids is 2. The first-order chi connectivity index (χ1) is 16.5. The van der Waals surface area contributed by atoms with E-state index >= 15 is 0 Å². The van der Waals surface area contributed by atoms with Crippen LogP contribution in [0, 0.1) is 0 Å². The third-order valence-electron chi connectivity index (χ3n) is 6.22. The molecule has 2 aliphatic heterocycles. The smallest absolute Gasteiger partial charge is 0.270 e. The molecule has 0 radical (unpaired) electrons. The minimum atomic E-state index is -0.605. The van der Waals surface area contributed by atoms with Gasteiger partial charge in [-0.3, -0.25) is 19.8 Å². The molecule has 182 valence electrons. The van der Waals surface area contributed by atoms with Crippen molar-refractivity contribution in [2.45, 2.75) is 33.2 Å². The van der Waals surface area contributed by atoms with Crippen molar-refractivity contribution in [2.75, 3.05) is 23.5 Å². The molecule has 2 aromatic carbocycles. The second-order valence-electron chi connectivity index (χ2n) is 8.87. The number of amides is 2. The molecule has 2 aromatic rings. The number of benzene rings is 2. The molecule has 35 heavy (non-hydrogen) atoms. The summed E-state index contributed by atoms with van der Waals surface area (Å²) in [5, 5.41) is 2.94. The summed E-state index contributed by atoms with van der Waals surface area (Å²) >= 11 is 17.8. The number of nitrogens with zero attached hydrogens (tertiary/aromatic N) is 2. The molecule has 1 N–H and O–H groups in total. The van der Waals surface area contributed by atoms with Crippen LogP contribution in [-0.2, 0) is 9.59 Å². The van der Waals surface area contributed by atoms with Crippen LogP contribution in [0.1, 0.15) is 38.8 Å². The lowest BCUT2D eigenvalue weighted by Crippen LogP contribution is -2.54. The number of hydrogen-bond acceptors (Lipinski definition) is 5. The van der Waals surface area contributed by atoms with Crippen molar-refractivity contribution in [3.05, 3.63) is 63.2 Å². The highest BCUT2D eigenvalue weighted by atomic mass is 35.5. The molecule has 1 fully saturated rings. The van der Waals surface area contributed by atoms with Gasteiger partial charge in [0.2, 0.25) is 0 Å². The summed E-state index contributed by atoms with van der Waals surface area (Å²) in [6.07, 6.45) is 3.73. The number of carbonyl (C=O) groups is 2. The maximum atomic E-state index is 13.5. The van der Waals surface area contributed by atoms with Crippen LogP contribution in [0.3, 0.4) is 0 Å². The van der Waals surface area contributed by atoms with Gasteiger partial charge in [0.15, 0.2) is 5.11 Å².